The molecule has 15 heavy (non-hydrogen) atoms. The zero-order valence-corrected chi connectivity index (χ0v) is 9.75. The normalized spacial score (nSPS) is 34.8. The molecule has 1 atom stereocenters. The Morgan fingerprint density at radius 2 is 1.73 bits per heavy atom. The number of nitrogens with zero attached hydrogens (tertiary/aromatic N) is 1. The van der Waals surface area contributed by atoms with Gasteiger partial charge in [-0.2, -0.15) is 0 Å². The lowest BCUT2D eigenvalue weighted by molar-refractivity contribution is 0.161. The minimum absolute atomic E-state index is 0.999. The van der Waals surface area contributed by atoms with Gasteiger partial charge >= 0.3 is 0 Å². The van der Waals surface area contributed by atoms with E-state index in [2.05, 4.69) is 10.2 Å². The first-order valence-electron chi connectivity index (χ1n) is 6.86. The lowest BCUT2D eigenvalue weighted by atomic mass is 9.87. The van der Waals surface area contributed by atoms with Crippen LogP contribution in [0.1, 0.15) is 38.5 Å². The van der Waals surface area contributed by atoms with E-state index in [4.69, 9.17) is 0 Å². The molecular weight excluding hydrogens is 184 g/mol. The van der Waals surface area contributed by atoms with Crippen LogP contribution in [0.25, 0.3) is 0 Å². The highest BCUT2D eigenvalue weighted by molar-refractivity contribution is 4.88. The first-order chi connectivity index (χ1) is 7.42. The molecule has 0 aromatic rings. The van der Waals surface area contributed by atoms with Crippen LogP contribution in [0.15, 0.2) is 0 Å². The van der Waals surface area contributed by atoms with E-state index < -0.39 is 0 Å². The van der Waals surface area contributed by atoms with Gasteiger partial charge in [-0.3, -0.25) is 0 Å². The third-order valence-electron chi connectivity index (χ3n) is 4.54. The predicted molar refractivity (Wildman–Crippen MR) is 62.9 cm³/mol. The molecule has 0 bridgehead atoms. The Bertz CT molecular complexity index is 199. The molecule has 1 N–H and O–H groups in total. The van der Waals surface area contributed by atoms with Crippen molar-refractivity contribution < 1.29 is 0 Å². The minimum Gasteiger partial charge on any atom is -0.316 e. The van der Waals surface area contributed by atoms with Crippen molar-refractivity contribution in [3.05, 3.63) is 0 Å². The maximum atomic E-state index is 3.49. The van der Waals surface area contributed by atoms with Crippen LogP contribution < -0.4 is 5.32 Å². The van der Waals surface area contributed by atoms with E-state index in [-0.39, 0.29) is 0 Å². The standard InChI is InChI=1S/C13H24N2/c1-2-13(1)15-7-4-11(5-8-15)9-12-3-6-14-10-12/h11-14H,1-10H2. The van der Waals surface area contributed by atoms with E-state index in [1.165, 1.54) is 64.7 Å². The van der Waals surface area contributed by atoms with Crippen molar-refractivity contribution in [1.82, 2.24) is 10.2 Å². The van der Waals surface area contributed by atoms with Crippen molar-refractivity contribution in [1.29, 1.82) is 0 Å². The molecule has 0 spiro atoms. The molecule has 3 rings (SSSR count). The summed E-state index contributed by atoms with van der Waals surface area (Å²) in [5.41, 5.74) is 0. The summed E-state index contributed by atoms with van der Waals surface area (Å²) in [4.78, 5) is 2.74. The second-order valence-corrected chi connectivity index (χ2v) is 5.81. The molecule has 1 unspecified atom stereocenters. The second-order valence-electron chi connectivity index (χ2n) is 5.81. The van der Waals surface area contributed by atoms with Crippen molar-refractivity contribution >= 4 is 0 Å². The summed E-state index contributed by atoms with van der Waals surface area (Å²) in [5.74, 6) is 2.05. The first-order valence-corrected chi connectivity index (χ1v) is 6.86. The Hall–Kier alpha value is -0.0800. The van der Waals surface area contributed by atoms with Gasteiger partial charge in [0.15, 0.2) is 0 Å². The maximum absolute atomic E-state index is 3.49. The SMILES string of the molecule is C1CC(CC2CCN(C3CC3)CC2)CN1. The van der Waals surface area contributed by atoms with Crippen LogP contribution in [0.4, 0.5) is 0 Å². The van der Waals surface area contributed by atoms with Crippen LogP contribution in [-0.2, 0) is 0 Å². The molecule has 3 fully saturated rings. The van der Waals surface area contributed by atoms with Crippen molar-refractivity contribution in [2.45, 2.75) is 44.6 Å². The molecule has 2 nitrogen and oxygen atoms in total. The first kappa shape index (κ1) is 10.1. The molecule has 86 valence electrons. The van der Waals surface area contributed by atoms with E-state index in [0.717, 1.165) is 17.9 Å². The molecule has 0 aromatic carbocycles. The molecule has 2 saturated heterocycles. The number of likely N-dealkylation sites (tertiary alicyclic amines) is 1. The molecule has 2 aliphatic heterocycles. The summed E-state index contributed by atoms with van der Waals surface area (Å²) in [7, 11) is 0. The highest BCUT2D eigenvalue weighted by Crippen LogP contribution is 2.33. The average molecular weight is 208 g/mol. The van der Waals surface area contributed by atoms with Crippen LogP contribution in [0, 0.1) is 11.8 Å². The summed E-state index contributed by atoms with van der Waals surface area (Å²) in [5, 5.41) is 3.49. The molecule has 1 saturated carbocycles. The molecule has 2 heteroatoms. The zero-order chi connectivity index (χ0) is 10.1. The van der Waals surface area contributed by atoms with E-state index >= 15 is 0 Å². The molecule has 3 aliphatic rings. The van der Waals surface area contributed by atoms with Crippen molar-refractivity contribution in [3.8, 4) is 0 Å². The molecule has 0 amide bonds. The second kappa shape index (κ2) is 4.42. The summed E-state index contributed by atoms with van der Waals surface area (Å²) in [6.07, 6.45) is 8.86. The van der Waals surface area contributed by atoms with Gasteiger partial charge in [0, 0.05) is 6.04 Å². The molecule has 0 radical (unpaired) electrons. The van der Waals surface area contributed by atoms with Gasteiger partial charge in [0.05, 0.1) is 0 Å². The van der Waals surface area contributed by atoms with E-state index in [0.29, 0.717) is 0 Å². The van der Waals surface area contributed by atoms with Gasteiger partial charge in [-0.15, -0.1) is 0 Å². The Balaban J connectivity index is 1.40. The monoisotopic (exact) mass is 208 g/mol. The topological polar surface area (TPSA) is 15.3 Å². The Morgan fingerprint density at radius 3 is 2.33 bits per heavy atom. The lowest BCUT2D eigenvalue weighted by Crippen LogP contribution is -2.35. The van der Waals surface area contributed by atoms with Crippen molar-refractivity contribution in [2.24, 2.45) is 11.8 Å². The molecular formula is C13H24N2. The number of rotatable bonds is 3. The maximum Gasteiger partial charge on any atom is 0.00964 e. The predicted octanol–water partition coefficient (Wildman–Crippen LogP) is 1.86. The van der Waals surface area contributed by atoms with Gasteiger partial charge in [0.2, 0.25) is 0 Å². The fourth-order valence-electron chi connectivity index (χ4n) is 3.38. The lowest BCUT2D eigenvalue weighted by Gasteiger charge is -2.33. The number of hydrogen-bond acceptors (Lipinski definition) is 2. The number of nitrogens with one attached hydrogen (secondary N) is 1. The molecule has 0 aromatic heterocycles. The van der Waals surface area contributed by atoms with Gasteiger partial charge in [0.1, 0.15) is 0 Å². The molecule has 1 aliphatic carbocycles. The Kier molecular flexibility index (Phi) is 2.98. The van der Waals surface area contributed by atoms with Crippen LogP contribution in [0.5, 0.6) is 0 Å². The average Bonchev–Trinajstić information content (AvgIpc) is 2.99. The summed E-state index contributed by atoms with van der Waals surface area (Å²) in [6.45, 7) is 5.36. The zero-order valence-electron chi connectivity index (χ0n) is 9.75. The summed E-state index contributed by atoms with van der Waals surface area (Å²) < 4.78 is 0. The van der Waals surface area contributed by atoms with Gasteiger partial charge < -0.3 is 10.2 Å². The quantitative estimate of drug-likeness (QED) is 0.761. The minimum atomic E-state index is 0.999. The van der Waals surface area contributed by atoms with Gasteiger partial charge in [0.25, 0.3) is 0 Å². The largest absolute Gasteiger partial charge is 0.316 e. The van der Waals surface area contributed by atoms with Crippen LogP contribution >= 0.6 is 0 Å². The number of hydrogen-bond donors (Lipinski definition) is 1. The fourth-order valence-corrected chi connectivity index (χ4v) is 3.38. The highest BCUT2D eigenvalue weighted by atomic mass is 15.2. The van der Waals surface area contributed by atoms with Crippen LogP contribution in [0.3, 0.4) is 0 Å². The Morgan fingerprint density at radius 1 is 0.933 bits per heavy atom. The highest BCUT2D eigenvalue weighted by Gasteiger charge is 2.32. The van der Waals surface area contributed by atoms with E-state index in [9.17, 15) is 0 Å². The van der Waals surface area contributed by atoms with Crippen LogP contribution in [-0.4, -0.2) is 37.1 Å². The van der Waals surface area contributed by atoms with Crippen LogP contribution in [0.2, 0.25) is 0 Å². The van der Waals surface area contributed by atoms with E-state index in [1.54, 1.807) is 0 Å². The Labute approximate surface area is 93.4 Å². The third kappa shape index (κ3) is 2.54. The number of piperidine rings is 1. The van der Waals surface area contributed by atoms with Gasteiger partial charge in [-0.05, 0) is 76.5 Å². The van der Waals surface area contributed by atoms with Gasteiger partial charge in [-0.1, -0.05) is 0 Å². The fraction of sp³-hybridized carbons (Fsp3) is 1.00. The summed E-state index contributed by atoms with van der Waals surface area (Å²) in [6, 6.07) is 0.999. The smallest absolute Gasteiger partial charge is 0.00964 e. The summed E-state index contributed by atoms with van der Waals surface area (Å²) >= 11 is 0. The van der Waals surface area contributed by atoms with Crippen molar-refractivity contribution in [3.63, 3.8) is 0 Å². The molecule has 2 heterocycles. The van der Waals surface area contributed by atoms with E-state index in [1.807, 2.05) is 0 Å². The van der Waals surface area contributed by atoms with Gasteiger partial charge in [-0.25, -0.2) is 0 Å². The van der Waals surface area contributed by atoms with Crippen molar-refractivity contribution in [2.75, 3.05) is 26.2 Å². The third-order valence-corrected chi connectivity index (χ3v) is 4.54.